The topological polar surface area (TPSA) is 63.4 Å². The SMILES string of the molecule is CC1CCCC(N(C)S(=O)(=O)c2c(N)cc(Cl)cc2Cl)C1. The Hall–Kier alpha value is -0.490. The van der Waals surface area contributed by atoms with E-state index in [1.807, 2.05) is 0 Å². The first-order valence-corrected chi connectivity index (χ1v) is 9.15. The van der Waals surface area contributed by atoms with Crippen LogP contribution in [-0.4, -0.2) is 25.8 Å². The highest BCUT2D eigenvalue weighted by atomic mass is 35.5. The Labute approximate surface area is 136 Å². The molecule has 1 aromatic rings. The lowest BCUT2D eigenvalue weighted by molar-refractivity contribution is 0.239. The number of halogens is 2. The highest BCUT2D eigenvalue weighted by Gasteiger charge is 2.33. The van der Waals surface area contributed by atoms with Gasteiger partial charge in [-0.2, -0.15) is 4.31 Å². The second-order valence-corrected chi connectivity index (χ2v) is 8.53. The van der Waals surface area contributed by atoms with Crippen molar-refractivity contribution in [2.24, 2.45) is 5.92 Å². The monoisotopic (exact) mass is 350 g/mol. The normalized spacial score (nSPS) is 23.5. The summed E-state index contributed by atoms with van der Waals surface area (Å²) in [6.45, 7) is 2.15. The van der Waals surface area contributed by atoms with Crippen molar-refractivity contribution in [2.45, 2.75) is 43.5 Å². The molecule has 0 spiro atoms. The molecule has 1 saturated carbocycles. The average Bonchev–Trinajstić information content (AvgIpc) is 2.36. The second-order valence-electron chi connectivity index (χ2n) is 5.75. The lowest BCUT2D eigenvalue weighted by atomic mass is 9.87. The lowest BCUT2D eigenvalue weighted by Gasteiger charge is -2.33. The van der Waals surface area contributed by atoms with Crippen LogP contribution < -0.4 is 5.73 Å². The summed E-state index contributed by atoms with van der Waals surface area (Å²) in [7, 11) is -2.12. The van der Waals surface area contributed by atoms with Gasteiger partial charge in [-0.15, -0.1) is 0 Å². The van der Waals surface area contributed by atoms with Gasteiger partial charge in [0, 0.05) is 18.1 Å². The van der Waals surface area contributed by atoms with Crippen LogP contribution in [-0.2, 0) is 10.0 Å². The molecule has 1 aromatic carbocycles. The molecule has 1 fully saturated rings. The molecule has 4 nitrogen and oxygen atoms in total. The first-order chi connectivity index (χ1) is 9.73. The summed E-state index contributed by atoms with van der Waals surface area (Å²) in [5, 5.41) is 0.390. The summed E-state index contributed by atoms with van der Waals surface area (Å²) in [5.41, 5.74) is 5.91. The highest BCUT2D eigenvalue weighted by molar-refractivity contribution is 7.89. The fraction of sp³-hybridized carbons (Fsp3) is 0.571. The number of benzene rings is 1. The van der Waals surface area contributed by atoms with Crippen LogP contribution in [0.3, 0.4) is 0 Å². The van der Waals surface area contributed by atoms with Crippen LogP contribution >= 0.6 is 23.2 Å². The Morgan fingerprint density at radius 1 is 1.29 bits per heavy atom. The van der Waals surface area contributed by atoms with Crippen LogP contribution in [0.4, 0.5) is 5.69 Å². The van der Waals surface area contributed by atoms with E-state index in [1.165, 1.54) is 16.4 Å². The maximum absolute atomic E-state index is 12.8. The molecular formula is C14H20Cl2N2O2S. The predicted octanol–water partition coefficient (Wildman–Crippen LogP) is 3.77. The van der Waals surface area contributed by atoms with Gasteiger partial charge in [-0.05, 0) is 30.9 Å². The van der Waals surface area contributed by atoms with Crippen LogP contribution in [0, 0.1) is 5.92 Å². The van der Waals surface area contributed by atoms with Gasteiger partial charge in [-0.25, -0.2) is 8.42 Å². The summed E-state index contributed by atoms with van der Waals surface area (Å²) in [6, 6.07) is 2.81. The standard InChI is InChI=1S/C14H20Cl2N2O2S/c1-9-4-3-5-11(6-9)18(2)21(19,20)14-12(16)7-10(15)8-13(14)17/h7-9,11H,3-6,17H2,1-2H3. The third-order valence-electron chi connectivity index (χ3n) is 4.10. The van der Waals surface area contributed by atoms with Crippen molar-refractivity contribution in [2.75, 3.05) is 12.8 Å². The largest absolute Gasteiger partial charge is 0.398 e. The molecule has 21 heavy (non-hydrogen) atoms. The van der Waals surface area contributed by atoms with Gasteiger partial charge in [0.2, 0.25) is 10.0 Å². The molecule has 0 heterocycles. The third-order valence-corrected chi connectivity index (χ3v) is 6.75. The number of nitrogens with two attached hydrogens (primary N) is 1. The minimum absolute atomic E-state index is 0.00936. The van der Waals surface area contributed by atoms with E-state index in [9.17, 15) is 8.42 Å². The summed E-state index contributed by atoms with van der Waals surface area (Å²) in [4.78, 5) is -0.0470. The Balaban J connectivity index is 2.38. The summed E-state index contributed by atoms with van der Waals surface area (Å²) >= 11 is 11.9. The van der Waals surface area contributed by atoms with Gasteiger partial charge in [0.25, 0.3) is 0 Å². The van der Waals surface area contributed by atoms with Gasteiger partial charge in [0.1, 0.15) is 4.90 Å². The quantitative estimate of drug-likeness (QED) is 0.843. The van der Waals surface area contributed by atoms with Crippen LogP contribution in [0.1, 0.15) is 32.6 Å². The number of hydrogen-bond donors (Lipinski definition) is 1. The molecule has 1 aliphatic rings. The zero-order valence-electron chi connectivity index (χ0n) is 12.1. The minimum Gasteiger partial charge on any atom is -0.398 e. The molecule has 7 heteroatoms. The van der Waals surface area contributed by atoms with Crippen molar-refractivity contribution in [1.29, 1.82) is 0 Å². The fourth-order valence-electron chi connectivity index (χ4n) is 2.92. The second kappa shape index (κ2) is 6.32. The first kappa shape index (κ1) is 16.9. The van der Waals surface area contributed by atoms with Crippen LogP contribution in [0.25, 0.3) is 0 Å². The molecule has 0 amide bonds. The Bertz CT molecular complexity index is 611. The van der Waals surface area contributed by atoms with Crippen LogP contribution in [0.15, 0.2) is 17.0 Å². The molecule has 118 valence electrons. The summed E-state index contributed by atoms with van der Waals surface area (Å²) < 4.78 is 27.0. The summed E-state index contributed by atoms with van der Waals surface area (Å²) in [6.07, 6.45) is 3.91. The molecule has 0 radical (unpaired) electrons. The van der Waals surface area contributed by atoms with Crippen molar-refractivity contribution >= 4 is 38.9 Å². The van der Waals surface area contributed by atoms with Gasteiger partial charge in [-0.1, -0.05) is 43.0 Å². The Morgan fingerprint density at radius 3 is 2.52 bits per heavy atom. The van der Waals surface area contributed by atoms with Crippen molar-refractivity contribution in [3.63, 3.8) is 0 Å². The third kappa shape index (κ3) is 3.47. The van der Waals surface area contributed by atoms with E-state index < -0.39 is 10.0 Å². The molecule has 0 saturated heterocycles. The van der Waals surface area contributed by atoms with Crippen LogP contribution in [0.5, 0.6) is 0 Å². The van der Waals surface area contributed by atoms with Gasteiger partial charge in [0.15, 0.2) is 0 Å². The van der Waals surface area contributed by atoms with E-state index in [0.717, 1.165) is 25.7 Å². The summed E-state index contributed by atoms with van der Waals surface area (Å²) in [5.74, 6) is 0.527. The van der Waals surface area contributed by atoms with E-state index in [4.69, 9.17) is 28.9 Å². The van der Waals surface area contributed by atoms with E-state index in [-0.39, 0.29) is 21.6 Å². The van der Waals surface area contributed by atoms with E-state index in [2.05, 4.69) is 6.92 Å². The first-order valence-electron chi connectivity index (χ1n) is 6.96. The zero-order chi connectivity index (χ0) is 15.8. The molecule has 0 aliphatic heterocycles. The Kier molecular flexibility index (Phi) is 5.08. The molecule has 2 atom stereocenters. The Morgan fingerprint density at radius 2 is 1.95 bits per heavy atom. The number of nitrogen functional groups attached to an aromatic ring is 1. The van der Waals surface area contributed by atoms with E-state index in [1.54, 1.807) is 7.05 Å². The lowest BCUT2D eigenvalue weighted by Crippen LogP contribution is -2.40. The molecule has 0 bridgehead atoms. The van der Waals surface area contributed by atoms with Gasteiger partial charge in [-0.3, -0.25) is 0 Å². The number of rotatable bonds is 3. The molecule has 2 N–H and O–H groups in total. The maximum Gasteiger partial charge on any atom is 0.246 e. The zero-order valence-corrected chi connectivity index (χ0v) is 14.5. The highest BCUT2D eigenvalue weighted by Crippen LogP contribution is 2.36. The van der Waals surface area contributed by atoms with Crippen LogP contribution in [0.2, 0.25) is 10.0 Å². The van der Waals surface area contributed by atoms with Crippen molar-refractivity contribution in [1.82, 2.24) is 4.31 Å². The number of anilines is 1. The van der Waals surface area contributed by atoms with Gasteiger partial charge in [0.05, 0.1) is 10.7 Å². The molecule has 2 unspecified atom stereocenters. The average molecular weight is 351 g/mol. The minimum atomic E-state index is -3.72. The number of nitrogens with zero attached hydrogens (tertiary/aromatic N) is 1. The molecule has 2 rings (SSSR count). The smallest absolute Gasteiger partial charge is 0.246 e. The van der Waals surface area contributed by atoms with Gasteiger partial charge < -0.3 is 5.73 Å². The number of sulfonamides is 1. The van der Waals surface area contributed by atoms with E-state index in [0.29, 0.717) is 10.9 Å². The number of hydrogen-bond acceptors (Lipinski definition) is 3. The van der Waals surface area contributed by atoms with E-state index >= 15 is 0 Å². The molecular weight excluding hydrogens is 331 g/mol. The van der Waals surface area contributed by atoms with Crippen molar-refractivity contribution in [3.05, 3.63) is 22.2 Å². The molecule has 1 aliphatic carbocycles. The fourth-order valence-corrected chi connectivity index (χ4v) is 5.26. The van der Waals surface area contributed by atoms with Crippen molar-refractivity contribution < 1.29 is 8.42 Å². The predicted molar refractivity (Wildman–Crippen MR) is 87.2 cm³/mol. The van der Waals surface area contributed by atoms with Gasteiger partial charge >= 0.3 is 0 Å². The maximum atomic E-state index is 12.8. The van der Waals surface area contributed by atoms with Crippen molar-refractivity contribution in [3.8, 4) is 0 Å². The molecule has 0 aromatic heterocycles.